The smallest absolute Gasteiger partial charge is 0.123 e. The Morgan fingerprint density at radius 1 is 1.50 bits per heavy atom. The normalized spacial score (nSPS) is 15.3. The van der Waals surface area contributed by atoms with E-state index in [9.17, 15) is 0 Å². The Labute approximate surface area is 103 Å². The minimum absolute atomic E-state index is 0. The Morgan fingerprint density at radius 3 is 3.06 bits per heavy atom. The Bertz CT molecular complexity index is 343. The minimum atomic E-state index is 0. The van der Waals surface area contributed by atoms with E-state index in [4.69, 9.17) is 5.73 Å². The molecule has 1 aliphatic rings. The van der Waals surface area contributed by atoms with Crippen LogP contribution in [-0.2, 0) is 13.0 Å². The van der Waals surface area contributed by atoms with Crippen molar-refractivity contribution in [2.75, 3.05) is 32.4 Å². The van der Waals surface area contributed by atoms with Gasteiger partial charge in [-0.1, -0.05) is 6.07 Å². The van der Waals surface area contributed by atoms with Crippen molar-refractivity contribution in [1.29, 1.82) is 0 Å². The molecule has 1 aromatic heterocycles. The molecular weight excluding hydrogens is 224 g/mol. The largest absolute Gasteiger partial charge is 0.384 e. The van der Waals surface area contributed by atoms with Crippen molar-refractivity contribution in [3.63, 3.8) is 0 Å². The number of fused-ring (bicyclic) bond motifs is 1. The van der Waals surface area contributed by atoms with Crippen LogP contribution in [0, 0.1) is 0 Å². The van der Waals surface area contributed by atoms with Crippen LogP contribution in [0.3, 0.4) is 0 Å². The molecule has 0 saturated carbocycles. The van der Waals surface area contributed by atoms with Gasteiger partial charge in [-0.05, 0) is 18.7 Å². The molecule has 0 spiro atoms. The van der Waals surface area contributed by atoms with E-state index in [1.165, 1.54) is 11.3 Å². The summed E-state index contributed by atoms with van der Waals surface area (Å²) >= 11 is 0. The number of hydrogen-bond donors (Lipinski definition) is 2. The first kappa shape index (κ1) is 13.2. The molecule has 1 aromatic rings. The first-order valence-corrected chi connectivity index (χ1v) is 5.41. The zero-order valence-corrected chi connectivity index (χ0v) is 10.4. The van der Waals surface area contributed by atoms with Gasteiger partial charge in [0, 0.05) is 38.3 Å². The molecule has 0 unspecified atom stereocenters. The number of hydrogen-bond acceptors (Lipinski definition) is 4. The van der Waals surface area contributed by atoms with Crippen LogP contribution < -0.4 is 11.1 Å². The monoisotopic (exact) mass is 242 g/mol. The van der Waals surface area contributed by atoms with Crippen LogP contribution in [0.15, 0.2) is 12.1 Å². The van der Waals surface area contributed by atoms with Crippen molar-refractivity contribution in [2.45, 2.75) is 13.0 Å². The van der Waals surface area contributed by atoms with E-state index >= 15 is 0 Å². The molecule has 1 aliphatic heterocycles. The highest BCUT2D eigenvalue weighted by atomic mass is 35.5. The third-order valence-corrected chi connectivity index (χ3v) is 2.83. The van der Waals surface area contributed by atoms with E-state index in [1.54, 1.807) is 0 Å². The number of nitrogen functional groups attached to an aromatic ring is 1. The number of nitrogens with zero attached hydrogens (tertiary/aromatic N) is 2. The molecule has 16 heavy (non-hydrogen) atoms. The predicted molar refractivity (Wildman–Crippen MR) is 68.8 cm³/mol. The van der Waals surface area contributed by atoms with Crippen molar-refractivity contribution >= 4 is 18.2 Å². The highest BCUT2D eigenvalue weighted by Gasteiger charge is 2.16. The molecule has 0 aliphatic carbocycles. The number of nitrogens with one attached hydrogen (secondary N) is 1. The average molecular weight is 243 g/mol. The van der Waals surface area contributed by atoms with E-state index in [2.05, 4.69) is 21.3 Å². The minimum Gasteiger partial charge on any atom is -0.384 e. The average Bonchev–Trinajstić information content (AvgIpc) is 2.26. The lowest BCUT2D eigenvalue weighted by Gasteiger charge is -2.27. The first-order valence-electron chi connectivity index (χ1n) is 5.41. The van der Waals surface area contributed by atoms with E-state index < -0.39 is 0 Å². The van der Waals surface area contributed by atoms with Crippen LogP contribution >= 0.6 is 12.4 Å². The van der Waals surface area contributed by atoms with Crippen molar-refractivity contribution in [1.82, 2.24) is 15.2 Å². The third kappa shape index (κ3) is 3.07. The van der Waals surface area contributed by atoms with Gasteiger partial charge in [-0.2, -0.15) is 0 Å². The van der Waals surface area contributed by atoms with Crippen molar-refractivity contribution in [3.05, 3.63) is 23.4 Å². The molecule has 0 aromatic carbocycles. The molecular formula is C11H19ClN4. The Kier molecular flexibility index (Phi) is 4.99. The Balaban J connectivity index is 0.00000128. The molecule has 4 nitrogen and oxygen atoms in total. The lowest BCUT2D eigenvalue weighted by atomic mass is 10.1. The molecule has 3 N–H and O–H groups in total. The van der Waals surface area contributed by atoms with Crippen molar-refractivity contribution in [2.24, 2.45) is 0 Å². The van der Waals surface area contributed by atoms with Gasteiger partial charge < -0.3 is 11.1 Å². The number of halogens is 1. The van der Waals surface area contributed by atoms with Crippen LogP contribution in [-0.4, -0.2) is 36.6 Å². The molecule has 0 amide bonds. The number of rotatable bonds is 3. The van der Waals surface area contributed by atoms with Crippen LogP contribution in [0.5, 0.6) is 0 Å². The summed E-state index contributed by atoms with van der Waals surface area (Å²) in [6.45, 7) is 4.23. The molecule has 0 saturated heterocycles. The van der Waals surface area contributed by atoms with Crippen LogP contribution in [0.1, 0.15) is 11.3 Å². The molecule has 2 rings (SSSR count). The molecule has 90 valence electrons. The van der Waals surface area contributed by atoms with Crippen LogP contribution in [0.4, 0.5) is 5.82 Å². The van der Waals surface area contributed by atoms with Crippen LogP contribution in [0.25, 0.3) is 0 Å². The maximum absolute atomic E-state index is 5.66. The quantitative estimate of drug-likeness (QED) is 0.818. The van der Waals surface area contributed by atoms with Gasteiger partial charge in [0.2, 0.25) is 0 Å². The Hall–Kier alpha value is -0.840. The van der Waals surface area contributed by atoms with Crippen molar-refractivity contribution < 1.29 is 0 Å². The summed E-state index contributed by atoms with van der Waals surface area (Å²) in [6.07, 6.45) is 1.02. The summed E-state index contributed by atoms with van der Waals surface area (Å²) in [5.74, 6) is 0.637. The van der Waals surface area contributed by atoms with E-state index in [0.29, 0.717) is 5.82 Å². The molecule has 5 heteroatoms. The van der Waals surface area contributed by atoms with Crippen LogP contribution in [0.2, 0.25) is 0 Å². The molecule has 0 radical (unpaired) electrons. The number of anilines is 1. The van der Waals surface area contributed by atoms with Gasteiger partial charge in [0.15, 0.2) is 0 Å². The second kappa shape index (κ2) is 6.03. The molecule has 0 atom stereocenters. The molecule has 0 fully saturated rings. The summed E-state index contributed by atoms with van der Waals surface area (Å²) in [7, 11) is 1.99. The SMILES string of the molecule is CNCCN1CCc2nc(N)ccc2C1.Cl. The van der Waals surface area contributed by atoms with Gasteiger partial charge in [-0.25, -0.2) is 4.98 Å². The van der Waals surface area contributed by atoms with Crippen molar-refractivity contribution in [3.8, 4) is 0 Å². The lowest BCUT2D eigenvalue weighted by Crippen LogP contribution is -2.35. The maximum Gasteiger partial charge on any atom is 0.123 e. The lowest BCUT2D eigenvalue weighted by molar-refractivity contribution is 0.254. The maximum atomic E-state index is 5.66. The van der Waals surface area contributed by atoms with Gasteiger partial charge in [0.1, 0.15) is 5.82 Å². The predicted octanol–water partition coefficient (Wildman–Crippen LogP) is 0.663. The standard InChI is InChI=1S/C11H18N4.ClH/c1-13-5-7-15-6-4-10-9(8-15)2-3-11(12)14-10;/h2-3,13H,4-8H2,1H3,(H2,12,14);1H. The first-order chi connectivity index (χ1) is 7.29. The fourth-order valence-corrected chi connectivity index (χ4v) is 1.95. The van der Waals surface area contributed by atoms with E-state index in [1.807, 2.05) is 13.1 Å². The second-order valence-electron chi connectivity index (χ2n) is 3.97. The summed E-state index contributed by atoms with van der Waals surface area (Å²) in [6, 6.07) is 3.99. The fraction of sp³-hybridized carbons (Fsp3) is 0.545. The highest BCUT2D eigenvalue weighted by Crippen LogP contribution is 2.17. The topological polar surface area (TPSA) is 54.2 Å². The summed E-state index contributed by atoms with van der Waals surface area (Å²) in [5, 5.41) is 3.17. The van der Waals surface area contributed by atoms with E-state index in [0.717, 1.165) is 32.6 Å². The van der Waals surface area contributed by atoms with Gasteiger partial charge >= 0.3 is 0 Å². The number of likely N-dealkylation sites (N-methyl/N-ethyl adjacent to an activating group) is 1. The summed E-state index contributed by atoms with van der Waals surface area (Å²) in [4.78, 5) is 6.81. The van der Waals surface area contributed by atoms with Gasteiger partial charge in [0.25, 0.3) is 0 Å². The zero-order chi connectivity index (χ0) is 10.7. The Morgan fingerprint density at radius 2 is 2.31 bits per heavy atom. The second-order valence-corrected chi connectivity index (χ2v) is 3.97. The highest BCUT2D eigenvalue weighted by molar-refractivity contribution is 5.85. The summed E-state index contributed by atoms with van der Waals surface area (Å²) < 4.78 is 0. The number of nitrogens with two attached hydrogens (primary N) is 1. The molecule has 0 bridgehead atoms. The van der Waals surface area contributed by atoms with Gasteiger partial charge in [0.05, 0.1) is 0 Å². The molecule has 2 heterocycles. The van der Waals surface area contributed by atoms with Gasteiger partial charge in [-0.3, -0.25) is 4.90 Å². The summed E-state index contributed by atoms with van der Waals surface area (Å²) in [5.41, 5.74) is 8.16. The zero-order valence-electron chi connectivity index (χ0n) is 9.57. The number of aromatic nitrogens is 1. The van der Waals surface area contributed by atoms with Gasteiger partial charge in [-0.15, -0.1) is 12.4 Å². The third-order valence-electron chi connectivity index (χ3n) is 2.83. The number of pyridine rings is 1. The van der Waals surface area contributed by atoms with E-state index in [-0.39, 0.29) is 12.4 Å². The fourth-order valence-electron chi connectivity index (χ4n) is 1.95.